The Balaban J connectivity index is 1.26. The third kappa shape index (κ3) is 5.43. The van der Waals surface area contributed by atoms with Crippen LogP contribution in [0.4, 0.5) is 11.6 Å². The van der Waals surface area contributed by atoms with Gasteiger partial charge in [0.05, 0.1) is 36.6 Å². The summed E-state index contributed by atoms with van der Waals surface area (Å²) in [6.07, 6.45) is 7.92. The molecule has 206 valence electrons. The minimum absolute atomic E-state index is 0.106. The summed E-state index contributed by atoms with van der Waals surface area (Å²) >= 11 is 0. The van der Waals surface area contributed by atoms with Gasteiger partial charge >= 0.3 is 0 Å². The normalized spacial score (nSPS) is 18.2. The maximum Gasteiger partial charge on any atom is 0.293 e. The summed E-state index contributed by atoms with van der Waals surface area (Å²) in [5.74, 6) is 2.05. The number of aryl methyl sites for hydroxylation is 1. The van der Waals surface area contributed by atoms with Crippen LogP contribution in [0.25, 0.3) is 11.0 Å². The number of hydrogen-bond acceptors (Lipinski definition) is 8. The van der Waals surface area contributed by atoms with Crippen molar-refractivity contribution in [1.82, 2.24) is 24.8 Å². The van der Waals surface area contributed by atoms with E-state index in [1.54, 1.807) is 37.1 Å². The zero-order valence-corrected chi connectivity index (χ0v) is 22.8. The molecule has 10 heteroatoms. The van der Waals surface area contributed by atoms with Gasteiger partial charge in [0, 0.05) is 24.2 Å². The second-order valence-electron chi connectivity index (χ2n) is 11.2. The standard InChI is InChI=1S/C29H36N6O4/c1-34-12-10-20(11-13-34)31-27(36)19-8-9-21(23(14-19)38-3)32-29-30-15-22-25(33-29)24(18-6-7-18)26(28(37)35(22)2)39-16-17-4-5-17/h8-9,14-15,17-18,20H,4-7,10-13,16H2,1-3H3,(H,31,36)(H,30,32,33). The molecule has 0 unspecified atom stereocenters. The lowest BCUT2D eigenvalue weighted by Crippen LogP contribution is -2.43. The van der Waals surface area contributed by atoms with Gasteiger partial charge in [-0.2, -0.15) is 0 Å². The topological polar surface area (TPSA) is 111 Å². The van der Waals surface area contributed by atoms with Crippen LogP contribution in [0.15, 0.2) is 29.2 Å². The molecule has 3 aliphatic rings. The quantitative estimate of drug-likeness (QED) is 0.430. The summed E-state index contributed by atoms with van der Waals surface area (Å²) in [5.41, 5.74) is 3.36. The van der Waals surface area contributed by atoms with E-state index in [-0.39, 0.29) is 23.4 Å². The van der Waals surface area contributed by atoms with Gasteiger partial charge in [0.1, 0.15) is 5.75 Å². The van der Waals surface area contributed by atoms with Crippen LogP contribution in [0.2, 0.25) is 0 Å². The van der Waals surface area contributed by atoms with Crippen molar-refractivity contribution in [2.75, 3.05) is 39.2 Å². The highest BCUT2D eigenvalue weighted by Gasteiger charge is 2.33. The molecule has 39 heavy (non-hydrogen) atoms. The highest BCUT2D eigenvalue weighted by Crippen LogP contribution is 2.46. The number of hydrogen-bond donors (Lipinski definition) is 2. The third-order valence-electron chi connectivity index (χ3n) is 8.04. The average molecular weight is 533 g/mol. The number of nitrogens with zero attached hydrogens (tertiary/aromatic N) is 4. The first kappa shape index (κ1) is 25.6. The summed E-state index contributed by atoms with van der Waals surface area (Å²) in [5, 5.41) is 6.40. The Morgan fingerprint density at radius 2 is 1.87 bits per heavy atom. The maximum atomic E-state index is 13.2. The number of benzene rings is 1. The molecular formula is C29H36N6O4. The van der Waals surface area contributed by atoms with Crippen molar-refractivity contribution in [3.63, 3.8) is 0 Å². The molecule has 10 nitrogen and oxygen atoms in total. The number of amides is 1. The summed E-state index contributed by atoms with van der Waals surface area (Å²) in [6, 6.07) is 5.50. The Bertz CT molecular complexity index is 1450. The Kier molecular flexibility index (Phi) is 6.88. The number of aromatic nitrogens is 3. The van der Waals surface area contributed by atoms with E-state index in [4.69, 9.17) is 14.5 Å². The number of pyridine rings is 1. The van der Waals surface area contributed by atoms with Crippen molar-refractivity contribution in [3.8, 4) is 11.5 Å². The summed E-state index contributed by atoms with van der Waals surface area (Å²) in [7, 11) is 5.41. The molecule has 1 aliphatic heterocycles. The summed E-state index contributed by atoms with van der Waals surface area (Å²) in [4.78, 5) is 37.7. The van der Waals surface area contributed by atoms with Gasteiger partial charge in [-0.15, -0.1) is 0 Å². The van der Waals surface area contributed by atoms with E-state index in [1.807, 2.05) is 6.07 Å². The molecule has 1 aromatic carbocycles. The molecule has 0 bridgehead atoms. The van der Waals surface area contributed by atoms with Crippen LogP contribution in [0.1, 0.15) is 60.4 Å². The first-order valence-corrected chi connectivity index (χ1v) is 13.9. The van der Waals surface area contributed by atoms with Crippen LogP contribution in [0, 0.1) is 5.92 Å². The number of ether oxygens (including phenoxy) is 2. The minimum Gasteiger partial charge on any atom is -0.495 e. The Morgan fingerprint density at radius 3 is 2.56 bits per heavy atom. The van der Waals surface area contributed by atoms with Gasteiger partial charge < -0.3 is 29.6 Å². The van der Waals surface area contributed by atoms with Crippen molar-refractivity contribution in [1.29, 1.82) is 0 Å². The lowest BCUT2D eigenvalue weighted by atomic mass is 10.0. The molecule has 2 saturated carbocycles. The predicted molar refractivity (Wildman–Crippen MR) is 149 cm³/mol. The van der Waals surface area contributed by atoms with E-state index >= 15 is 0 Å². The number of fused-ring (bicyclic) bond motifs is 1. The van der Waals surface area contributed by atoms with Crippen LogP contribution in [0.3, 0.4) is 0 Å². The fraction of sp³-hybridized carbons (Fsp3) is 0.517. The molecule has 0 spiro atoms. The molecule has 1 saturated heterocycles. The first-order chi connectivity index (χ1) is 18.9. The number of likely N-dealkylation sites (tertiary alicyclic amines) is 1. The van der Waals surface area contributed by atoms with Crippen LogP contribution >= 0.6 is 0 Å². The molecule has 3 heterocycles. The van der Waals surface area contributed by atoms with Gasteiger partial charge in [-0.25, -0.2) is 9.97 Å². The molecule has 0 radical (unpaired) electrons. The minimum atomic E-state index is -0.134. The van der Waals surface area contributed by atoms with Gasteiger partial charge in [-0.05, 0) is 88.7 Å². The van der Waals surface area contributed by atoms with Crippen molar-refractivity contribution in [3.05, 3.63) is 45.9 Å². The maximum absolute atomic E-state index is 13.2. The van der Waals surface area contributed by atoms with E-state index in [0.29, 0.717) is 46.7 Å². The molecule has 6 rings (SSSR count). The van der Waals surface area contributed by atoms with E-state index in [2.05, 4.69) is 27.6 Å². The summed E-state index contributed by atoms with van der Waals surface area (Å²) < 4.78 is 13.3. The zero-order valence-electron chi connectivity index (χ0n) is 22.8. The number of nitrogens with one attached hydrogen (secondary N) is 2. The number of rotatable bonds is 9. The van der Waals surface area contributed by atoms with Crippen LogP contribution in [-0.4, -0.2) is 65.2 Å². The second kappa shape index (κ2) is 10.5. The third-order valence-corrected chi connectivity index (χ3v) is 8.04. The lowest BCUT2D eigenvalue weighted by Gasteiger charge is -2.29. The number of carbonyl (C=O) groups is 1. The lowest BCUT2D eigenvalue weighted by molar-refractivity contribution is 0.0916. The Morgan fingerprint density at radius 1 is 1.10 bits per heavy atom. The van der Waals surface area contributed by atoms with Crippen LogP contribution < -0.4 is 25.7 Å². The van der Waals surface area contributed by atoms with Crippen LogP contribution in [-0.2, 0) is 7.05 Å². The van der Waals surface area contributed by atoms with Gasteiger partial charge in [0.15, 0.2) is 5.75 Å². The molecule has 2 aliphatic carbocycles. The Labute approximate surface area is 227 Å². The fourth-order valence-electron chi connectivity index (χ4n) is 5.22. The molecule has 2 aromatic heterocycles. The highest BCUT2D eigenvalue weighted by atomic mass is 16.5. The smallest absolute Gasteiger partial charge is 0.293 e. The number of carbonyl (C=O) groups excluding carboxylic acids is 1. The Hall–Kier alpha value is -3.66. The van der Waals surface area contributed by atoms with E-state index < -0.39 is 0 Å². The van der Waals surface area contributed by atoms with Crippen molar-refractivity contribution >= 4 is 28.6 Å². The molecular weight excluding hydrogens is 496 g/mol. The van der Waals surface area contributed by atoms with E-state index in [1.165, 1.54) is 0 Å². The monoisotopic (exact) mass is 532 g/mol. The number of methoxy groups -OCH3 is 1. The molecule has 0 atom stereocenters. The second-order valence-corrected chi connectivity index (χ2v) is 11.2. The van der Waals surface area contributed by atoms with Gasteiger partial charge in [-0.1, -0.05) is 0 Å². The first-order valence-electron chi connectivity index (χ1n) is 13.9. The van der Waals surface area contributed by atoms with Crippen molar-refractivity contribution in [2.45, 2.75) is 50.5 Å². The van der Waals surface area contributed by atoms with Crippen molar-refractivity contribution in [2.24, 2.45) is 13.0 Å². The van der Waals surface area contributed by atoms with Gasteiger partial charge in [0.25, 0.3) is 11.5 Å². The molecule has 1 amide bonds. The average Bonchev–Trinajstić information content (AvgIpc) is 3.86. The zero-order chi connectivity index (χ0) is 27.1. The SMILES string of the molecule is COc1cc(C(=O)NC2CCN(C)CC2)ccc1Nc1ncc2c(n1)c(C1CC1)c(OCC1CC1)c(=O)n2C. The number of anilines is 2. The molecule has 3 aromatic rings. The molecule has 3 fully saturated rings. The van der Waals surface area contributed by atoms with Crippen molar-refractivity contribution < 1.29 is 14.3 Å². The van der Waals surface area contributed by atoms with E-state index in [0.717, 1.165) is 62.7 Å². The fourth-order valence-corrected chi connectivity index (χ4v) is 5.22. The van der Waals surface area contributed by atoms with Gasteiger partial charge in [0.2, 0.25) is 5.95 Å². The summed E-state index contributed by atoms with van der Waals surface area (Å²) in [6.45, 7) is 2.53. The highest BCUT2D eigenvalue weighted by molar-refractivity contribution is 5.95. The van der Waals surface area contributed by atoms with Gasteiger partial charge in [-0.3, -0.25) is 9.59 Å². The number of piperidine rings is 1. The van der Waals surface area contributed by atoms with E-state index in [9.17, 15) is 9.59 Å². The molecule has 2 N–H and O–H groups in total. The largest absolute Gasteiger partial charge is 0.495 e. The predicted octanol–water partition coefficient (Wildman–Crippen LogP) is 3.57. The van der Waals surface area contributed by atoms with Crippen LogP contribution in [0.5, 0.6) is 11.5 Å².